The Bertz CT molecular complexity index is 1340. The third kappa shape index (κ3) is 5.64. The zero-order chi connectivity index (χ0) is 24.1. The van der Waals surface area contributed by atoms with Crippen LogP contribution in [0.4, 0.5) is 0 Å². The van der Waals surface area contributed by atoms with Gasteiger partial charge in [0.25, 0.3) is 0 Å². The van der Waals surface area contributed by atoms with Gasteiger partial charge in [0.05, 0.1) is 24.3 Å². The molecule has 0 spiro atoms. The average Bonchev–Trinajstić information content (AvgIpc) is 2.84. The summed E-state index contributed by atoms with van der Waals surface area (Å²) in [6.07, 6.45) is 1.83. The van der Waals surface area contributed by atoms with Crippen LogP contribution < -0.4 is 9.47 Å². The molecular weight excluding hydrogens is 432 g/mol. The van der Waals surface area contributed by atoms with Crippen molar-refractivity contribution in [1.29, 1.82) is 0 Å². The largest absolute Gasteiger partial charge is 0.494 e. The van der Waals surface area contributed by atoms with Crippen molar-refractivity contribution in [1.82, 2.24) is 0 Å². The maximum atomic E-state index is 11.1. The molecule has 0 aromatic heterocycles. The van der Waals surface area contributed by atoms with Gasteiger partial charge in [0.15, 0.2) is 0 Å². The molecule has 0 saturated heterocycles. The molecule has 0 heterocycles. The number of hydrogen-bond acceptors (Lipinski definition) is 4. The molecule has 0 aliphatic heterocycles. The van der Waals surface area contributed by atoms with Gasteiger partial charge < -0.3 is 19.7 Å². The van der Waals surface area contributed by atoms with Gasteiger partial charge in [-0.25, -0.2) is 9.59 Å². The number of aromatic carboxylic acids is 2. The third-order valence-corrected chi connectivity index (χ3v) is 5.76. The van der Waals surface area contributed by atoms with Gasteiger partial charge >= 0.3 is 11.9 Å². The van der Waals surface area contributed by atoms with E-state index in [0.29, 0.717) is 19.1 Å². The summed E-state index contributed by atoms with van der Waals surface area (Å²) >= 11 is 0. The van der Waals surface area contributed by atoms with Crippen molar-refractivity contribution in [2.75, 3.05) is 13.2 Å². The van der Waals surface area contributed by atoms with E-state index < -0.39 is 11.9 Å². The highest BCUT2D eigenvalue weighted by Gasteiger charge is 2.08. The third-order valence-electron chi connectivity index (χ3n) is 5.76. The lowest BCUT2D eigenvalue weighted by Crippen LogP contribution is -2.10. The van der Waals surface area contributed by atoms with Crippen molar-refractivity contribution < 1.29 is 29.3 Å². The van der Waals surface area contributed by atoms with E-state index in [-0.39, 0.29) is 11.1 Å². The average molecular weight is 459 g/mol. The normalized spacial score (nSPS) is 11.9. The predicted octanol–water partition coefficient (Wildman–Crippen LogP) is 6.26. The molecule has 2 N–H and O–H groups in total. The molecule has 0 radical (unpaired) electrons. The lowest BCUT2D eigenvalue weighted by molar-refractivity contribution is 0.0686. The summed E-state index contributed by atoms with van der Waals surface area (Å²) in [5.74, 6) is 0.00700. The first-order chi connectivity index (χ1) is 16.4. The van der Waals surface area contributed by atoms with Crippen molar-refractivity contribution in [3.63, 3.8) is 0 Å². The second kappa shape index (κ2) is 10.3. The summed E-state index contributed by atoms with van der Waals surface area (Å²) in [6, 6.07) is 21.4. The number of carbonyl (C=O) groups is 2. The number of hydrogen-bond donors (Lipinski definition) is 2. The van der Waals surface area contributed by atoms with Crippen LogP contribution in [-0.4, -0.2) is 35.4 Å². The zero-order valence-corrected chi connectivity index (χ0v) is 18.9. The zero-order valence-electron chi connectivity index (χ0n) is 18.9. The van der Waals surface area contributed by atoms with Gasteiger partial charge in [-0.1, -0.05) is 31.2 Å². The van der Waals surface area contributed by atoms with Crippen LogP contribution in [-0.2, 0) is 0 Å². The summed E-state index contributed by atoms with van der Waals surface area (Å²) in [5, 5.41) is 21.8. The Labute approximate surface area is 197 Å². The fourth-order valence-corrected chi connectivity index (χ4v) is 3.84. The molecule has 4 aromatic rings. The van der Waals surface area contributed by atoms with E-state index >= 15 is 0 Å². The maximum absolute atomic E-state index is 11.1. The van der Waals surface area contributed by atoms with E-state index in [2.05, 4.69) is 6.92 Å². The summed E-state index contributed by atoms with van der Waals surface area (Å²) in [4.78, 5) is 22.2. The van der Waals surface area contributed by atoms with Gasteiger partial charge in [-0.3, -0.25) is 0 Å². The molecule has 1 unspecified atom stereocenters. The van der Waals surface area contributed by atoms with E-state index in [9.17, 15) is 9.59 Å². The smallest absolute Gasteiger partial charge is 0.335 e. The minimum atomic E-state index is -0.935. The Morgan fingerprint density at radius 3 is 1.71 bits per heavy atom. The highest BCUT2D eigenvalue weighted by molar-refractivity contribution is 5.95. The first-order valence-corrected chi connectivity index (χ1v) is 11.2. The number of benzene rings is 4. The van der Waals surface area contributed by atoms with Gasteiger partial charge in [-0.2, -0.15) is 0 Å². The number of carboxylic acid groups (broad SMARTS) is 2. The fraction of sp³-hybridized carbons (Fsp3) is 0.214. The van der Waals surface area contributed by atoms with Gasteiger partial charge in [0.1, 0.15) is 11.5 Å². The van der Waals surface area contributed by atoms with Crippen molar-refractivity contribution >= 4 is 33.5 Å². The topological polar surface area (TPSA) is 93.1 Å². The van der Waals surface area contributed by atoms with Crippen molar-refractivity contribution in [2.45, 2.75) is 19.8 Å². The minimum Gasteiger partial charge on any atom is -0.494 e. The van der Waals surface area contributed by atoms with Crippen LogP contribution in [0.1, 0.15) is 40.5 Å². The number of ether oxygens (including phenoxy) is 2. The lowest BCUT2D eigenvalue weighted by atomic mass is 10.1. The van der Waals surface area contributed by atoms with E-state index in [1.807, 2.05) is 36.4 Å². The molecule has 6 nitrogen and oxygen atoms in total. The minimum absolute atomic E-state index is 0.271. The molecule has 0 bridgehead atoms. The van der Waals surface area contributed by atoms with E-state index in [1.165, 1.54) is 0 Å². The predicted molar refractivity (Wildman–Crippen MR) is 131 cm³/mol. The molecule has 0 aliphatic carbocycles. The summed E-state index contributed by atoms with van der Waals surface area (Å²) < 4.78 is 11.8. The molecule has 4 rings (SSSR count). The van der Waals surface area contributed by atoms with Crippen LogP contribution in [0.15, 0.2) is 72.8 Å². The Balaban J connectivity index is 1.23. The summed E-state index contributed by atoms with van der Waals surface area (Å²) in [5.41, 5.74) is 0.543. The van der Waals surface area contributed by atoms with Crippen LogP contribution >= 0.6 is 0 Å². The van der Waals surface area contributed by atoms with E-state index in [4.69, 9.17) is 19.7 Å². The number of carboxylic acids is 2. The molecule has 174 valence electrons. The Morgan fingerprint density at radius 2 is 1.18 bits per heavy atom. The van der Waals surface area contributed by atoms with Gasteiger partial charge in [0, 0.05) is 0 Å². The Hall–Kier alpha value is -4.06. The second-order valence-corrected chi connectivity index (χ2v) is 8.46. The summed E-state index contributed by atoms with van der Waals surface area (Å²) in [7, 11) is 0. The monoisotopic (exact) mass is 458 g/mol. The van der Waals surface area contributed by atoms with Crippen LogP contribution in [0.25, 0.3) is 21.5 Å². The SMILES string of the molecule is CC(CCCOc1ccc2cc(C(=O)O)ccc2c1)COc1ccc2cc(C(=O)O)ccc2c1. The van der Waals surface area contributed by atoms with Crippen molar-refractivity contribution in [2.24, 2.45) is 5.92 Å². The summed E-state index contributed by atoms with van der Waals surface area (Å²) in [6.45, 7) is 3.31. The quantitative estimate of drug-likeness (QED) is 0.272. The van der Waals surface area contributed by atoms with Gasteiger partial charge in [-0.05, 0) is 88.8 Å². The second-order valence-electron chi connectivity index (χ2n) is 8.46. The molecular formula is C28H26O6. The molecule has 6 heteroatoms. The molecule has 0 saturated carbocycles. The first kappa shape index (κ1) is 23.1. The van der Waals surface area contributed by atoms with Crippen LogP contribution in [0, 0.1) is 5.92 Å². The standard InChI is InChI=1S/C28H26O6/c1-18(17-34-26-11-9-20-14-24(28(31)32)7-5-22(20)16-26)3-2-12-33-25-10-8-19-13-23(27(29)30)6-4-21(19)15-25/h4-11,13-16,18H,2-3,12,17H2,1H3,(H,29,30)(H,31,32). The fourth-order valence-electron chi connectivity index (χ4n) is 3.84. The Morgan fingerprint density at radius 1 is 0.706 bits per heavy atom. The van der Waals surface area contributed by atoms with Crippen molar-refractivity contribution in [3.8, 4) is 11.5 Å². The van der Waals surface area contributed by atoms with Crippen LogP contribution in [0.5, 0.6) is 11.5 Å². The van der Waals surface area contributed by atoms with Crippen molar-refractivity contribution in [3.05, 3.63) is 83.9 Å². The Kier molecular flexibility index (Phi) is 6.97. The molecule has 4 aromatic carbocycles. The molecule has 0 aliphatic rings. The lowest BCUT2D eigenvalue weighted by Gasteiger charge is -2.14. The molecule has 1 atom stereocenters. The van der Waals surface area contributed by atoms with E-state index in [1.54, 1.807) is 36.4 Å². The highest BCUT2D eigenvalue weighted by atomic mass is 16.5. The van der Waals surface area contributed by atoms with Gasteiger partial charge in [0.2, 0.25) is 0 Å². The van der Waals surface area contributed by atoms with Crippen LogP contribution in [0.3, 0.4) is 0 Å². The first-order valence-electron chi connectivity index (χ1n) is 11.2. The number of rotatable bonds is 10. The maximum Gasteiger partial charge on any atom is 0.335 e. The molecule has 0 fully saturated rings. The number of fused-ring (bicyclic) bond motifs is 2. The highest BCUT2D eigenvalue weighted by Crippen LogP contribution is 2.24. The van der Waals surface area contributed by atoms with Crippen LogP contribution in [0.2, 0.25) is 0 Å². The van der Waals surface area contributed by atoms with Gasteiger partial charge in [-0.15, -0.1) is 0 Å². The molecule has 0 amide bonds. The van der Waals surface area contributed by atoms with E-state index in [0.717, 1.165) is 45.9 Å². The molecule has 34 heavy (non-hydrogen) atoms.